The van der Waals surface area contributed by atoms with Crippen molar-refractivity contribution in [2.45, 2.75) is 58.1 Å². The normalized spacial score (nSPS) is 23.5. The Hall–Kier alpha value is -1.53. The van der Waals surface area contributed by atoms with E-state index in [1.54, 1.807) is 20.8 Å². The molecule has 1 amide bonds. The highest BCUT2D eigenvalue weighted by atomic mass is 16.9. The average molecular weight is 274 g/mol. The van der Waals surface area contributed by atoms with Crippen LogP contribution in [-0.4, -0.2) is 29.4 Å². The molecule has 19 heavy (non-hydrogen) atoms. The van der Waals surface area contributed by atoms with Crippen molar-refractivity contribution in [3.63, 3.8) is 0 Å². The van der Waals surface area contributed by atoms with Crippen LogP contribution in [0.25, 0.3) is 0 Å². The summed E-state index contributed by atoms with van der Waals surface area (Å²) in [6, 6.07) is 0.00366. The minimum absolute atomic E-state index is 0.00366. The van der Waals surface area contributed by atoms with E-state index < -0.39 is 16.8 Å². The van der Waals surface area contributed by atoms with E-state index in [1.807, 2.05) is 0 Å². The van der Waals surface area contributed by atoms with Gasteiger partial charge >= 0.3 is 6.09 Å². The van der Waals surface area contributed by atoms with Gasteiger partial charge in [-0.25, -0.2) is 4.79 Å². The van der Waals surface area contributed by atoms with Crippen LogP contribution in [0.15, 0.2) is 0 Å². The lowest BCUT2D eigenvalue weighted by Crippen LogP contribution is -2.42. The van der Waals surface area contributed by atoms with Gasteiger partial charge in [0.2, 0.25) is 0 Å². The fraction of sp³-hybridized carbons (Fsp3) is 0.917. The molecule has 1 aliphatic rings. The molecule has 0 aromatic carbocycles. The molecular weight excluding hydrogens is 252 g/mol. The van der Waals surface area contributed by atoms with E-state index in [0.717, 1.165) is 19.3 Å². The Kier molecular flexibility index (Phi) is 5.38. The quantitative estimate of drug-likeness (QED) is 0.627. The Morgan fingerprint density at radius 1 is 1.42 bits per heavy atom. The van der Waals surface area contributed by atoms with Gasteiger partial charge in [0.1, 0.15) is 5.60 Å². The van der Waals surface area contributed by atoms with E-state index in [0.29, 0.717) is 6.42 Å². The summed E-state index contributed by atoms with van der Waals surface area (Å²) in [6.07, 6.45) is 2.93. The molecule has 0 heterocycles. The minimum atomic E-state index is -0.773. The van der Waals surface area contributed by atoms with Crippen molar-refractivity contribution in [2.24, 2.45) is 5.92 Å². The molecule has 7 nitrogen and oxygen atoms in total. The number of alkyl carbamates (subject to hydrolysis) is 1. The van der Waals surface area contributed by atoms with Gasteiger partial charge in [-0.2, -0.15) is 0 Å². The molecule has 0 saturated heterocycles. The van der Waals surface area contributed by atoms with Crippen LogP contribution in [0.4, 0.5) is 4.79 Å². The molecule has 0 aromatic rings. The molecule has 0 radical (unpaired) electrons. The fourth-order valence-electron chi connectivity index (χ4n) is 2.21. The number of nitrogens with zero attached hydrogens (tertiary/aromatic N) is 1. The summed E-state index contributed by atoms with van der Waals surface area (Å²) in [5.41, 5.74) is -0.521. The maximum Gasteiger partial charge on any atom is 0.407 e. The highest BCUT2D eigenvalue weighted by Crippen LogP contribution is 2.24. The Balaban J connectivity index is 2.34. The monoisotopic (exact) mass is 274 g/mol. The first-order valence-corrected chi connectivity index (χ1v) is 6.53. The first-order valence-electron chi connectivity index (χ1n) is 6.53. The molecule has 0 aliphatic heterocycles. The van der Waals surface area contributed by atoms with Crippen LogP contribution in [0.5, 0.6) is 0 Å². The van der Waals surface area contributed by atoms with Gasteiger partial charge in [-0.15, -0.1) is 10.1 Å². The summed E-state index contributed by atoms with van der Waals surface area (Å²) in [5, 5.41) is 12.2. The van der Waals surface area contributed by atoms with Gasteiger partial charge in [0.15, 0.2) is 0 Å². The number of carbonyl (C=O) groups is 1. The van der Waals surface area contributed by atoms with E-state index in [9.17, 15) is 14.9 Å². The molecule has 0 spiro atoms. The zero-order valence-electron chi connectivity index (χ0n) is 11.7. The standard InChI is InChI=1S/C12H22N2O5/c1-12(2,3)19-11(15)13-10-6-4-5-9(7-10)8-18-14(16)17/h9-10H,4-8H2,1-3H3,(H,13,15). The molecule has 2 unspecified atom stereocenters. The molecule has 0 bridgehead atoms. The summed E-state index contributed by atoms with van der Waals surface area (Å²) >= 11 is 0. The first-order chi connectivity index (χ1) is 8.76. The zero-order chi connectivity index (χ0) is 14.5. The van der Waals surface area contributed by atoms with Crippen molar-refractivity contribution in [1.82, 2.24) is 5.32 Å². The molecule has 1 N–H and O–H groups in total. The maximum atomic E-state index is 11.6. The van der Waals surface area contributed by atoms with Gasteiger partial charge < -0.3 is 14.9 Å². The van der Waals surface area contributed by atoms with Gasteiger partial charge in [0, 0.05) is 6.04 Å². The van der Waals surface area contributed by atoms with Crippen LogP contribution in [0, 0.1) is 16.0 Å². The second-order valence-corrected chi connectivity index (χ2v) is 5.90. The Labute approximate surface area is 112 Å². The summed E-state index contributed by atoms with van der Waals surface area (Å²) in [7, 11) is 0. The van der Waals surface area contributed by atoms with Crippen molar-refractivity contribution in [3.05, 3.63) is 10.1 Å². The third-order valence-corrected chi connectivity index (χ3v) is 2.92. The van der Waals surface area contributed by atoms with Crippen LogP contribution in [0.2, 0.25) is 0 Å². The molecule has 7 heteroatoms. The van der Waals surface area contributed by atoms with Crippen molar-refractivity contribution in [1.29, 1.82) is 0 Å². The summed E-state index contributed by atoms with van der Waals surface area (Å²) in [5.74, 6) is 0.110. The van der Waals surface area contributed by atoms with Gasteiger partial charge in [-0.1, -0.05) is 6.42 Å². The number of rotatable bonds is 4. The van der Waals surface area contributed by atoms with E-state index in [2.05, 4.69) is 10.2 Å². The minimum Gasteiger partial charge on any atom is -0.444 e. The largest absolute Gasteiger partial charge is 0.444 e. The summed E-state index contributed by atoms with van der Waals surface area (Å²) in [6.45, 7) is 5.52. The number of hydrogen-bond acceptors (Lipinski definition) is 5. The van der Waals surface area contributed by atoms with E-state index >= 15 is 0 Å². The summed E-state index contributed by atoms with van der Waals surface area (Å²) in [4.78, 5) is 26.2. The molecule has 110 valence electrons. The van der Waals surface area contributed by atoms with Crippen molar-refractivity contribution < 1.29 is 19.5 Å². The van der Waals surface area contributed by atoms with Gasteiger partial charge in [-0.05, 0) is 46.0 Å². The van der Waals surface area contributed by atoms with Gasteiger partial charge in [-0.3, -0.25) is 0 Å². The van der Waals surface area contributed by atoms with Gasteiger partial charge in [0.05, 0.1) is 6.61 Å². The third-order valence-electron chi connectivity index (χ3n) is 2.92. The highest BCUT2D eigenvalue weighted by Gasteiger charge is 2.26. The number of hydrogen-bond donors (Lipinski definition) is 1. The van der Waals surface area contributed by atoms with Crippen LogP contribution in [-0.2, 0) is 9.57 Å². The highest BCUT2D eigenvalue weighted by molar-refractivity contribution is 5.68. The first kappa shape index (κ1) is 15.5. The number of ether oxygens (including phenoxy) is 1. The SMILES string of the molecule is CC(C)(C)OC(=O)NC1CCCC(CO[N+](=O)[O-])C1. The van der Waals surface area contributed by atoms with Crippen molar-refractivity contribution in [2.75, 3.05) is 6.61 Å². The topological polar surface area (TPSA) is 90.7 Å². The second-order valence-electron chi connectivity index (χ2n) is 5.90. The lowest BCUT2D eigenvalue weighted by atomic mass is 9.86. The van der Waals surface area contributed by atoms with Crippen LogP contribution in [0.1, 0.15) is 46.5 Å². The summed E-state index contributed by atoms with van der Waals surface area (Å²) < 4.78 is 5.18. The molecule has 1 rings (SSSR count). The maximum absolute atomic E-state index is 11.6. The van der Waals surface area contributed by atoms with E-state index in [4.69, 9.17) is 4.74 Å². The Morgan fingerprint density at radius 2 is 2.11 bits per heavy atom. The Bertz CT molecular complexity index is 327. The molecule has 1 fully saturated rings. The molecule has 1 aliphatic carbocycles. The number of amides is 1. The van der Waals surface area contributed by atoms with Crippen molar-refractivity contribution in [3.8, 4) is 0 Å². The predicted octanol–water partition coefficient (Wildman–Crippen LogP) is 2.28. The lowest BCUT2D eigenvalue weighted by Gasteiger charge is -2.30. The van der Waals surface area contributed by atoms with Crippen LogP contribution in [0.3, 0.4) is 0 Å². The van der Waals surface area contributed by atoms with E-state index in [1.165, 1.54) is 0 Å². The van der Waals surface area contributed by atoms with Gasteiger partial charge in [0.25, 0.3) is 5.09 Å². The number of nitrogens with one attached hydrogen (secondary N) is 1. The third kappa shape index (κ3) is 6.83. The molecule has 2 atom stereocenters. The second kappa shape index (κ2) is 6.58. The molecule has 1 saturated carbocycles. The number of carbonyl (C=O) groups excluding carboxylic acids is 1. The van der Waals surface area contributed by atoms with Crippen LogP contribution >= 0.6 is 0 Å². The average Bonchev–Trinajstić information content (AvgIpc) is 2.24. The van der Waals surface area contributed by atoms with Crippen molar-refractivity contribution >= 4 is 6.09 Å². The van der Waals surface area contributed by atoms with E-state index in [-0.39, 0.29) is 18.6 Å². The smallest absolute Gasteiger partial charge is 0.407 e. The predicted molar refractivity (Wildman–Crippen MR) is 68.1 cm³/mol. The zero-order valence-corrected chi connectivity index (χ0v) is 11.7. The lowest BCUT2D eigenvalue weighted by molar-refractivity contribution is -0.759. The molecular formula is C12H22N2O5. The van der Waals surface area contributed by atoms with Crippen LogP contribution < -0.4 is 5.32 Å². The fourth-order valence-corrected chi connectivity index (χ4v) is 2.21. The Morgan fingerprint density at radius 3 is 2.68 bits per heavy atom. The molecule has 0 aromatic heterocycles.